The van der Waals surface area contributed by atoms with E-state index in [9.17, 15) is 14.0 Å². The maximum absolute atomic E-state index is 14.0. The van der Waals surface area contributed by atoms with Gasteiger partial charge in [0.1, 0.15) is 11.9 Å². The Bertz CT molecular complexity index is 666. The molecule has 1 aliphatic carbocycles. The number of thioether (sulfide) groups is 1. The van der Waals surface area contributed by atoms with E-state index in [2.05, 4.69) is 5.32 Å². The van der Waals surface area contributed by atoms with Crippen molar-refractivity contribution in [2.24, 2.45) is 5.92 Å². The van der Waals surface area contributed by atoms with Crippen molar-refractivity contribution in [1.29, 1.82) is 0 Å². The van der Waals surface area contributed by atoms with E-state index >= 15 is 0 Å². The fourth-order valence-corrected chi connectivity index (χ4v) is 5.41. The first-order valence-electron chi connectivity index (χ1n) is 9.74. The second kappa shape index (κ2) is 9.44. The monoisotopic (exact) mass is 394 g/mol. The maximum atomic E-state index is 14.0. The van der Waals surface area contributed by atoms with Crippen molar-refractivity contribution < 1.29 is 18.7 Å². The number of halogens is 1. The van der Waals surface area contributed by atoms with Crippen molar-refractivity contribution in [1.82, 2.24) is 4.90 Å². The van der Waals surface area contributed by atoms with Crippen LogP contribution in [0.25, 0.3) is 0 Å². The third-order valence-corrected chi connectivity index (χ3v) is 6.62. The van der Waals surface area contributed by atoms with Gasteiger partial charge in [-0.25, -0.2) is 14.0 Å². The molecular formula is C20H27FN2O3S. The van der Waals surface area contributed by atoms with E-state index in [-0.39, 0.29) is 17.0 Å². The van der Waals surface area contributed by atoms with Gasteiger partial charge in [0.15, 0.2) is 0 Å². The van der Waals surface area contributed by atoms with E-state index < -0.39 is 17.9 Å². The molecule has 2 aliphatic rings. The Morgan fingerprint density at radius 2 is 2.00 bits per heavy atom. The van der Waals surface area contributed by atoms with Gasteiger partial charge in [-0.2, -0.15) is 0 Å². The van der Waals surface area contributed by atoms with Gasteiger partial charge in [-0.1, -0.05) is 38.3 Å². The maximum Gasteiger partial charge on any atom is 0.329 e. The average molecular weight is 395 g/mol. The first kappa shape index (κ1) is 20.0. The highest BCUT2D eigenvalue weighted by Gasteiger charge is 2.45. The number of carbonyl (C=O) groups excluding carboxylic acids is 2. The molecule has 27 heavy (non-hydrogen) atoms. The van der Waals surface area contributed by atoms with Gasteiger partial charge in [0.2, 0.25) is 0 Å². The smallest absolute Gasteiger partial charge is 0.329 e. The van der Waals surface area contributed by atoms with Crippen LogP contribution < -0.4 is 5.32 Å². The molecule has 0 bridgehead atoms. The number of ether oxygens (including phenoxy) is 1. The lowest BCUT2D eigenvalue weighted by Gasteiger charge is -2.35. The Labute approximate surface area is 164 Å². The fraction of sp³-hybridized carbons (Fsp3) is 0.600. The number of esters is 1. The molecule has 1 saturated carbocycles. The first-order chi connectivity index (χ1) is 13.1. The summed E-state index contributed by atoms with van der Waals surface area (Å²) in [4.78, 5) is 27.2. The standard InChI is InChI=1S/C20H27FN2O3S/c1-2-12-26-19(24)17-13-27-18(14-8-4-3-5-9-14)23(17)20(25)22-16-11-7-6-10-15(16)21/h6-7,10-11,14,17-18H,2-5,8-9,12-13H2,1H3,(H,22,25). The number of nitrogens with zero attached hydrogens (tertiary/aromatic N) is 1. The highest BCUT2D eigenvalue weighted by molar-refractivity contribution is 8.00. The van der Waals surface area contributed by atoms with E-state index in [1.807, 2.05) is 6.92 Å². The molecule has 0 aromatic heterocycles. The number of rotatable bonds is 5. The number of para-hydroxylation sites is 1. The number of urea groups is 1. The van der Waals surface area contributed by atoms with E-state index in [0.29, 0.717) is 18.3 Å². The first-order valence-corrected chi connectivity index (χ1v) is 10.8. The van der Waals surface area contributed by atoms with Crippen LogP contribution in [0.2, 0.25) is 0 Å². The van der Waals surface area contributed by atoms with Crippen LogP contribution in [0, 0.1) is 11.7 Å². The van der Waals surface area contributed by atoms with Crippen LogP contribution >= 0.6 is 11.8 Å². The van der Waals surface area contributed by atoms with Crippen molar-refractivity contribution in [2.45, 2.75) is 56.9 Å². The fourth-order valence-electron chi connectivity index (χ4n) is 3.79. The second-order valence-electron chi connectivity index (χ2n) is 7.12. The van der Waals surface area contributed by atoms with Crippen molar-refractivity contribution >= 4 is 29.4 Å². The summed E-state index contributed by atoms with van der Waals surface area (Å²) in [5.41, 5.74) is 0.127. The zero-order valence-corrected chi connectivity index (χ0v) is 16.5. The molecule has 3 rings (SSSR count). The molecule has 1 saturated heterocycles. The van der Waals surface area contributed by atoms with Crippen molar-refractivity contribution in [2.75, 3.05) is 17.7 Å². The molecular weight excluding hydrogens is 367 g/mol. The van der Waals surface area contributed by atoms with Crippen LogP contribution in [-0.4, -0.2) is 40.7 Å². The average Bonchev–Trinajstić information content (AvgIpc) is 3.14. The van der Waals surface area contributed by atoms with Gasteiger partial charge in [-0.15, -0.1) is 11.8 Å². The molecule has 148 valence electrons. The Hall–Kier alpha value is -1.76. The minimum Gasteiger partial charge on any atom is -0.464 e. The number of carbonyl (C=O) groups is 2. The quantitative estimate of drug-likeness (QED) is 0.740. The van der Waals surface area contributed by atoms with Crippen molar-refractivity contribution in [3.8, 4) is 0 Å². The number of hydrogen-bond acceptors (Lipinski definition) is 4. The summed E-state index contributed by atoms with van der Waals surface area (Å²) in [6, 6.07) is 5.02. The number of benzene rings is 1. The van der Waals surface area contributed by atoms with E-state index in [1.54, 1.807) is 28.8 Å². The van der Waals surface area contributed by atoms with Crippen molar-refractivity contribution in [3.05, 3.63) is 30.1 Å². The zero-order chi connectivity index (χ0) is 19.2. The van der Waals surface area contributed by atoms with Crippen LogP contribution in [0.3, 0.4) is 0 Å². The molecule has 2 fully saturated rings. The van der Waals surface area contributed by atoms with Gasteiger partial charge in [-0.3, -0.25) is 4.90 Å². The molecule has 1 aromatic rings. The third kappa shape index (κ3) is 4.75. The van der Waals surface area contributed by atoms with Crippen molar-refractivity contribution in [3.63, 3.8) is 0 Å². The minimum absolute atomic E-state index is 0.0729. The lowest BCUT2D eigenvalue weighted by Crippen LogP contribution is -2.50. The van der Waals surface area contributed by atoms with Crippen LogP contribution in [0.1, 0.15) is 45.4 Å². The lowest BCUT2D eigenvalue weighted by molar-refractivity contribution is -0.148. The van der Waals surface area contributed by atoms with Crippen LogP contribution in [0.5, 0.6) is 0 Å². The number of amides is 2. The Morgan fingerprint density at radius 1 is 1.26 bits per heavy atom. The highest BCUT2D eigenvalue weighted by Crippen LogP contribution is 2.41. The molecule has 1 N–H and O–H groups in total. The van der Waals surface area contributed by atoms with Crippen LogP contribution in [-0.2, 0) is 9.53 Å². The summed E-state index contributed by atoms with van der Waals surface area (Å²) in [5, 5.41) is 2.58. The summed E-state index contributed by atoms with van der Waals surface area (Å²) in [5.74, 6) is 0.0245. The predicted molar refractivity (Wildman–Crippen MR) is 105 cm³/mol. The number of nitrogens with one attached hydrogen (secondary N) is 1. The molecule has 1 heterocycles. The molecule has 5 nitrogen and oxygen atoms in total. The molecule has 1 aromatic carbocycles. The molecule has 1 aliphatic heterocycles. The molecule has 2 atom stereocenters. The summed E-state index contributed by atoms with van der Waals surface area (Å²) < 4.78 is 19.3. The Morgan fingerprint density at radius 3 is 2.70 bits per heavy atom. The summed E-state index contributed by atoms with van der Waals surface area (Å²) in [6.07, 6.45) is 6.36. The molecule has 0 radical (unpaired) electrons. The van der Waals surface area contributed by atoms with E-state index in [1.165, 1.54) is 18.6 Å². The summed E-state index contributed by atoms with van der Waals surface area (Å²) in [7, 11) is 0. The van der Waals surface area contributed by atoms with Gasteiger partial charge >= 0.3 is 12.0 Å². The molecule has 7 heteroatoms. The lowest BCUT2D eigenvalue weighted by atomic mass is 9.88. The predicted octanol–water partition coefficient (Wildman–Crippen LogP) is 4.63. The Balaban J connectivity index is 1.79. The number of hydrogen-bond donors (Lipinski definition) is 1. The Kier molecular flexibility index (Phi) is 6.99. The normalized spacial score (nSPS) is 23.3. The second-order valence-corrected chi connectivity index (χ2v) is 8.27. The van der Waals surface area contributed by atoms with Crippen LogP contribution in [0.15, 0.2) is 24.3 Å². The SMILES string of the molecule is CCCOC(=O)C1CSC(C2CCCCC2)N1C(=O)Nc1ccccc1F. The topological polar surface area (TPSA) is 58.6 Å². The van der Waals surface area contributed by atoms with Crippen LogP contribution in [0.4, 0.5) is 14.9 Å². The van der Waals surface area contributed by atoms with Gasteiger partial charge < -0.3 is 10.1 Å². The summed E-state index contributed by atoms with van der Waals surface area (Å²) in [6.45, 7) is 2.28. The molecule has 2 unspecified atom stereocenters. The van der Waals surface area contributed by atoms with E-state index in [0.717, 1.165) is 32.1 Å². The molecule has 0 spiro atoms. The van der Waals surface area contributed by atoms with Gasteiger partial charge in [0.05, 0.1) is 17.7 Å². The largest absolute Gasteiger partial charge is 0.464 e. The van der Waals surface area contributed by atoms with Gasteiger partial charge in [-0.05, 0) is 37.3 Å². The number of anilines is 1. The van der Waals surface area contributed by atoms with Gasteiger partial charge in [0, 0.05) is 5.75 Å². The third-order valence-electron chi connectivity index (χ3n) is 5.16. The van der Waals surface area contributed by atoms with Gasteiger partial charge in [0.25, 0.3) is 0 Å². The molecule has 2 amide bonds. The summed E-state index contributed by atoms with van der Waals surface area (Å²) >= 11 is 1.64. The minimum atomic E-state index is -0.625. The zero-order valence-electron chi connectivity index (χ0n) is 15.7. The highest BCUT2D eigenvalue weighted by atomic mass is 32.2. The van der Waals surface area contributed by atoms with E-state index in [4.69, 9.17) is 4.74 Å².